The molecule has 0 aliphatic heterocycles. The monoisotopic (exact) mass is 267 g/mol. The van der Waals surface area contributed by atoms with Crippen LogP contribution in [0.2, 0.25) is 0 Å². The Balaban J connectivity index is 2.51. The molecule has 17 heavy (non-hydrogen) atoms. The van der Waals surface area contributed by atoms with Crippen LogP contribution in [0.15, 0.2) is 17.8 Å². The van der Waals surface area contributed by atoms with Crippen LogP contribution in [0.25, 0.3) is 0 Å². The third kappa shape index (κ3) is 2.35. The van der Waals surface area contributed by atoms with Crippen LogP contribution in [-0.2, 0) is 0 Å². The average molecular weight is 267 g/mol. The molecule has 92 valence electrons. The fourth-order valence-corrected chi connectivity index (χ4v) is 3.13. The molecule has 0 radical (unpaired) electrons. The van der Waals surface area contributed by atoms with E-state index >= 15 is 0 Å². The number of hydrogen-bond acceptors (Lipinski definition) is 3. The summed E-state index contributed by atoms with van der Waals surface area (Å²) in [5.41, 5.74) is 1.25. The van der Waals surface area contributed by atoms with E-state index in [9.17, 15) is 0 Å². The van der Waals surface area contributed by atoms with E-state index < -0.39 is 0 Å². The van der Waals surface area contributed by atoms with Gasteiger partial charge in [-0.3, -0.25) is 0 Å². The fraction of sp³-hybridized carbons (Fsp3) is 0.500. The highest BCUT2D eigenvalue weighted by Crippen LogP contribution is 2.28. The minimum Gasteiger partial charge on any atom is -0.337 e. The summed E-state index contributed by atoms with van der Waals surface area (Å²) in [5.74, 6) is 0.456. The molecule has 5 heteroatoms. The molecule has 0 bridgehead atoms. The maximum Gasteiger partial charge on any atom is 0.178 e. The van der Waals surface area contributed by atoms with Crippen molar-refractivity contribution in [2.24, 2.45) is 0 Å². The molecule has 2 heterocycles. The van der Waals surface area contributed by atoms with Crippen molar-refractivity contribution in [3.05, 3.63) is 33.2 Å². The number of imidazole rings is 1. The fourth-order valence-electron chi connectivity index (χ4n) is 2.03. The Kier molecular flexibility index (Phi) is 3.79. The molecule has 0 spiro atoms. The Labute approximate surface area is 111 Å². The molecule has 0 saturated heterocycles. The van der Waals surface area contributed by atoms with Crippen molar-refractivity contribution in [2.45, 2.75) is 39.2 Å². The first kappa shape index (κ1) is 12.5. The highest BCUT2D eigenvalue weighted by Gasteiger charge is 2.19. The Morgan fingerprint density at radius 2 is 2.29 bits per heavy atom. The van der Waals surface area contributed by atoms with Crippen LogP contribution < -0.4 is 0 Å². The van der Waals surface area contributed by atoms with Gasteiger partial charge in [0, 0.05) is 23.5 Å². The number of aromatic nitrogens is 3. The molecule has 1 unspecified atom stereocenters. The molecule has 0 saturated carbocycles. The first-order chi connectivity index (χ1) is 8.15. The van der Waals surface area contributed by atoms with Crippen molar-refractivity contribution in [1.29, 1.82) is 0 Å². The van der Waals surface area contributed by atoms with Crippen LogP contribution >= 0.6 is 23.6 Å². The van der Waals surface area contributed by atoms with E-state index in [1.807, 2.05) is 17.8 Å². The molecular formula is C12H17N3S2. The quantitative estimate of drug-likeness (QED) is 0.845. The van der Waals surface area contributed by atoms with Crippen molar-refractivity contribution in [1.82, 2.24) is 14.5 Å². The van der Waals surface area contributed by atoms with Crippen LogP contribution in [0.4, 0.5) is 0 Å². The van der Waals surface area contributed by atoms with Gasteiger partial charge in [0.1, 0.15) is 5.01 Å². The van der Waals surface area contributed by atoms with Gasteiger partial charge in [-0.1, -0.05) is 20.8 Å². The standard InChI is InChI=1S/C12H17N3S2/c1-4-9(11-13-5-6-17-11)15-10(8(2)3)7-14-12(15)16/h5-9H,4H2,1-3H3,(H,14,16). The lowest BCUT2D eigenvalue weighted by Gasteiger charge is -2.19. The minimum absolute atomic E-state index is 0.256. The second kappa shape index (κ2) is 5.14. The van der Waals surface area contributed by atoms with Crippen molar-refractivity contribution < 1.29 is 0 Å². The average Bonchev–Trinajstić information content (AvgIpc) is 2.91. The van der Waals surface area contributed by atoms with Crippen LogP contribution in [0.1, 0.15) is 49.9 Å². The molecule has 0 amide bonds. The van der Waals surface area contributed by atoms with Crippen LogP contribution in [0.3, 0.4) is 0 Å². The summed E-state index contributed by atoms with van der Waals surface area (Å²) < 4.78 is 2.99. The van der Waals surface area contributed by atoms with Gasteiger partial charge in [-0.2, -0.15) is 0 Å². The van der Waals surface area contributed by atoms with E-state index in [-0.39, 0.29) is 6.04 Å². The normalized spacial score (nSPS) is 13.2. The third-order valence-electron chi connectivity index (χ3n) is 2.87. The Morgan fingerprint density at radius 1 is 1.53 bits per heavy atom. The van der Waals surface area contributed by atoms with Crippen molar-refractivity contribution >= 4 is 23.6 Å². The topological polar surface area (TPSA) is 33.6 Å². The molecule has 0 aliphatic carbocycles. The van der Waals surface area contributed by atoms with Gasteiger partial charge in [0.15, 0.2) is 4.77 Å². The number of hydrogen-bond donors (Lipinski definition) is 1. The molecular weight excluding hydrogens is 250 g/mol. The van der Waals surface area contributed by atoms with Crippen molar-refractivity contribution in [3.63, 3.8) is 0 Å². The summed E-state index contributed by atoms with van der Waals surface area (Å²) in [6.07, 6.45) is 4.87. The van der Waals surface area contributed by atoms with Gasteiger partial charge in [0.2, 0.25) is 0 Å². The van der Waals surface area contributed by atoms with Crippen LogP contribution in [-0.4, -0.2) is 14.5 Å². The largest absolute Gasteiger partial charge is 0.337 e. The third-order valence-corrected chi connectivity index (χ3v) is 4.06. The first-order valence-corrected chi connectivity index (χ1v) is 7.13. The Bertz CT molecular complexity index is 522. The molecule has 1 N–H and O–H groups in total. The predicted molar refractivity (Wildman–Crippen MR) is 74.2 cm³/mol. The highest BCUT2D eigenvalue weighted by atomic mass is 32.1. The van der Waals surface area contributed by atoms with Crippen molar-refractivity contribution in [2.75, 3.05) is 0 Å². The lowest BCUT2D eigenvalue weighted by molar-refractivity contribution is 0.525. The zero-order chi connectivity index (χ0) is 12.4. The van der Waals surface area contributed by atoms with Gasteiger partial charge in [-0.05, 0) is 24.6 Å². The van der Waals surface area contributed by atoms with E-state index in [1.54, 1.807) is 11.3 Å². The SMILES string of the molecule is CCC(c1nccs1)n1c(C(C)C)c[nH]c1=S. The van der Waals surface area contributed by atoms with Crippen LogP contribution in [0.5, 0.6) is 0 Å². The lowest BCUT2D eigenvalue weighted by atomic mass is 10.1. The smallest absolute Gasteiger partial charge is 0.178 e. The zero-order valence-electron chi connectivity index (χ0n) is 10.3. The van der Waals surface area contributed by atoms with E-state index in [0.717, 1.165) is 16.2 Å². The number of rotatable bonds is 4. The van der Waals surface area contributed by atoms with Gasteiger partial charge < -0.3 is 9.55 Å². The summed E-state index contributed by atoms with van der Waals surface area (Å²) >= 11 is 7.08. The number of H-pyrrole nitrogens is 1. The number of thiazole rings is 1. The first-order valence-electron chi connectivity index (χ1n) is 5.84. The van der Waals surface area contributed by atoms with Crippen LogP contribution in [0, 0.1) is 4.77 Å². The molecule has 2 aromatic heterocycles. The Morgan fingerprint density at radius 3 is 2.82 bits per heavy atom. The van der Waals surface area contributed by atoms with Gasteiger partial charge in [0.05, 0.1) is 6.04 Å². The van der Waals surface area contributed by atoms with Gasteiger partial charge in [-0.15, -0.1) is 11.3 Å². The highest BCUT2D eigenvalue weighted by molar-refractivity contribution is 7.71. The van der Waals surface area contributed by atoms with Gasteiger partial charge in [0.25, 0.3) is 0 Å². The van der Waals surface area contributed by atoms with Gasteiger partial charge in [-0.25, -0.2) is 4.98 Å². The molecule has 3 nitrogen and oxygen atoms in total. The summed E-state index contributed by atoms with van der Waals surface area (Å²) in [7, 11) is 0. The molecule has 1 atom stereocenters. The lowest BCUT2D eigenvalue weighted by Crippen LogP contribution is -2.13. The molecule has 2 aromatic rings. The molecule has 0 fully saturated rings. The van der Waals surface area contributed by atoms with Crippen molar-refractivity contribution in [3.8, 4) is 0 Å². The van der Waals surface area contributed by atoms with E-state index in [4.69, 9.17) is 12.2 Å². The maximum absolute atomic E-state index is 5.39. The van der Waals surface area contributed by atoms with E-state index in [0.29, 0.717) is 5.92 Å². The predicted octanol–water partition coefficient (Wildman–Crippen LogP) is 4.12. The summed E-state index contributed by atoms with van der Waals surface area (Å²) in [6, 6.07) is 0.256. The zero-order valence-corrected chi connectivity index (χ0v) is 11.9. The minimum atomic E-state index is 0.256. The summed E-state index contributed by atoms with van der Waals surface area (Å²) in [4.78, 5) is 7.57. The number of aromatic amines is 1. The molecule has 2 rings (SSSR count). The summed E-state index contributed by atoms with van der Waals surface area (Å²) in [6.45, 7) is 6.54. The van der Waals surface area contributed by atoms with Gasteiger partial charge >= 0.3 is 0 Å². The number of nitrogens with one attached hydrogen (secondary N) is 1. The Hall–Kier alpha value is -0.940. The second-order valence-corrected chi connectivity index (χ2v) is 5.65. The van der Waals surface area contributed by atoms with E-state index in [1.165, 1.54) is 5.69 Å². The second-order valence-electron chi connectivity index (χ2n) is 4.34. The maximum atomic E-state index is 5.39. The van der Waals surface area contributed by atoms with E-state index in [2.05, 4.69) is 35.3 Å². The number of nitrogens with zero attached hydrogens (tertiary/aromatic N) is 2. The molecule has 0 aliphatic rings. The molecule has 0 aromatic carbocycles. The summed E-state index contributed by atoms with van der Waals surface area (Å²) in [5, 5.41) is 3.15.